The highest BCUT2D eigenvalue weighted by molar-refractivity contribution is 5.95. The number of carbonyl (C=O) groups is 4. The van der Waals surface area contributed by atoms with E-state index in [9.17, 15) is 34.5 Å². The van der Waals surface area contributed by atoms with Crippen molar-refractivity contribution < 1.29 is 53.4 Å². The van der Waals surface area contributed by atoms with Crippen LogP contribution >= 0.6 is 0 Å². The first-order chi connectivity index (χ1) is 19.5. The number of Topliss-reactive ketones (excluding diaryl/α,β-unsaturated/α-hetero) is 1. The Morgan fingerprint density at radius 1 is 1.00 bits per heavy atom. The number of aliphatic hydroxyl groups is 3. The van der Waals surface area contributed by atoms with Gasteiger partial charge in [-0.25, -0.2) is 4.79 Å². The zero-order valence-electron chi connectivity index (χ0n) is 24.6. The molecule has 1 aliphatic heterocycles. The molecule has 3 N–H and O–H groups in total. The molecule has 1 aromatic carbocycles. The lowest BCUT2D eigenvalue weighted by Gasteiger charge is -2.67. The third kappa shape index (κ3) is 4.08. The lowest BCUT2D eigenvalue weighted by molar-refractivity contribution is -0.345. The molecule has 5 rings (SSSR count). The van der Waals surface area contributed by atoms with Crippen molar-refractivity contribution in [1.29, 1.82) is 0 Å². The van der Waals surface area contributed by atoms with Gasteiger partial charge in [0.2, 0.25) is 0 Å². The Hall–Kier alpha value is -3.12. The van der Waals surface area contributed by atoms with Crippen LogP contribution in [-0.4, -0.2) is 87.3 Å². The lowest BCUT2D eigenvalue weighted by atomic mass is 9.44. The largest absolute Gasteiger partial charge is 0.455 e. The number of ketones is 1. The third-order valence-corrected chi connectivity index (χ3v) is 10.2. The maximum absolute atomic E-state index is 14.8. The quantitative estimate of drug-likeness (QED) is 0.267. The van der Waals surface area contributed by atoms with Crippen LogP contribution in [0.5, 0.6) is 0 Å². The predicted molar refractivity (Wildman–Crippen MR) is 145 cm³/mol. The molecule has 4 aliphatic rings. The van der Waals surface area contributed by atoms with Crippen molar-refractivity contribution in [3.8, 4) is 0 Å². The molecule has 0 radical (unpaired) electrons. The van der Waals surface area contributed by atoms with Crippen LogP contribution in [0.2, 0.25) is 0 Å². The van der Waals surface area contributed by atoms with Crippen molar-refractivity contribution in [2.45, 2.75) is 96.1 Å². The zero-order valence-corrected chi connectivity index (χ0v) is 24.6. The first-order valence-corrected chi connectivity index (χ1v) is 14.1. The Morgan fingerprint density at radius 2 is 1.64 bits per heavy atom. The summed E-state index contributed by atoms with van der Waals surface area (Å²) in [7, 11) is 0. The summed E-state index contributed by atoms with van der Waals surface area (Å²) >= 11 is 0. The highest BCUT2D eigenvalue weighted by Gasteiger charge is 2.78. The number of ether oxygens (including phenoxy) is 4. The molecule has 0 amide bonds. The molecular weight excluding hydrogens is 548 g/mol. The van der Waals surface area contributed by atoms with Gasteiger partial charge in [0, 0.05) is 32.1 Å². The molecule has 2 bridgehead atoms. The van der Waals surface area contributed by atoms with E-state index in [1.807, 2.05) is 0 Å². The van der Waals surface area contributed by atoms with Crippen molar-refractivity contribution in [3.05, 3.63) is 47.0 Å². The van der Waals surface area contributed by atoms with Crippen molar-refractivity contribution >= 4 is 23.7 Å². The summed E-state index contributed by atoms with van der Waals surface area (Å²) in [5.74, 6) is -4.41. The van der Waals surface area contributed by atoms with Crippen LogP contribution in [0.3, 0.4) is 0 Å². The normalized spacial score (nSPS) is 40.4. The molecule has 1 aromatic rings. The highest BCUT2D eigenvalue weighted by atomic mass is 16.6. The first-order valence-electron chi connectivity index (χ1n) is 14.1. The third-order valence-electron chi connectivity index (χ3n) is 10.2. The minimum absolute atomic E-state index is 0.110. The Bertz CT molecular complexity index is 1350. The minimum atomic E-state index is -2.11. The van der Waals surface area contributed by atoms with Gasteiger partial charge in [-0.15, -0.1) is 0 Å². The number of esters is 3. The van der Waals surface area contributed by atoms with Crippen LogP contribution in [0, 0.1) is 16.7 Å². The summed E-state index contributed by atoms with van der Waals surface area (Å²) in [5, 5.41) is 35.8. The predicted octanol–water partition coefficient (Wildman–Crippen LogP) is 1.65. The first kappa shape index (κ1) is 30.3. The Kier molecular flexibility index (Phi) is 7.20. The fraction of sp³-hybridized carbons (Fsp3) is 0.613. The number of hydrogen-bond acceptors (Lipinski definition) is 11. The van der Waals surface area contributed by atoms with Crippen LogP contribution in [0.4, 0.5) is 0 Å². The molecule has 42 heavy (non-hydrogen) atoms. The summed E-state index contributed by atoms with van der Waals surface area (Å²) in [6.45, 7) is 8.42. The smallest absolute Gasteiger partial charge is 0.338 e. The van der Waals surface area contributed by atoms with E-state index in [4.69, 9.17) is 18.9 Å². The summed E-state index contributed by atoms with van der Waals surface area (Å²) in [6.07, 6.45) is -7.27. The van der Waals surface area contributed by atoms with Crippen molar-refractivity contribution in [3.63, 3.8) is 0 Å². The lowest BCUT2D eigenvalue weighted by Crippen LogP contribution is -2.81. The molecule has 11 nitrogen and oxygen atoms in total. The van der Waals surface area contributed by atoms with Crippen LogP contribution in [0.15, 0.2) is 41.5 Å². The average molecular weight is 587 g/mol. The average Bonchev–Trinajstić information content (AvgIpc) is 2.90. The Balaban J connectivity index is 1.84. The van der Waals surface area contributed by atoms with Gasteiger partial charge in [-0.05, 0) is 37.1 Å². The van der Waals surface area contributed by atoms with E-state index < -0.39 is 82.2 Å². The van der Waals surface area contributed by atoms with Gasteiger partial charge in [-0.3, -0.25) is 14.4 Å². The van der Waals surface area contributed by atoms with E-state index in [1.54, 1.807) is 39.0 Å². The number of hydrogen-bond donors (Lipinski definition) is 3. The topological polar surface area (TPSA) is 166 Å². The second kappa shape index (κ2) is 9.97. The van der Waals surface area contributed by atoms with Crippen LogP contribution in [0.1, 0.15) is 64.7 Å². The molecule has 0 aromatic heterocycles. The minimum Gasteiger partial charge on any atom is -0.455 e. The van der Waals surface area contributed by atoms with E-state index in [0.29, 0.717) is 5.57 Å². The monoisotopic (exact) mass is 586 g/mol. The maximum atomic E-state index is 14.8. The summed E-state index contributed by atoms with van der Waals surface area (Å²) in [5.41, 5.74) is -6.38. The van der Waals surface area contributed by atoms with Gasteiger partial charge in [-0.2, -0.15) is 0 Å². The molecule has 3 aliphatic carbocycles. The van der Waals surface area contributed by atoms with Crippen molar-refractivity contribution in [1.82, 2.24) is 0 Å². The van der Waals surface area contributed by atoms with Gasteiger partial charge >= 0.3 is 17.9 Å². The van der Waals surface area contributed by atoms with Gasteiger partial charge in [0.05, 0.1) is 35.7 Å². The Morgan fingerprint density at radius 3 is 2.19 bits per heavy atom. The number of carbonyl (C=O) groups excluding carboxylic acids is 4. The maximum Gasteiger partial charge on any atom is 0.338 e. The van der Waals surface area contributed by atoms with Gasteiger partial charge in [0.1, 0.15) is 17.8 Å². The van der Waals surface area contributed by atoms with E-state index in [1.165, 1.54) is 26.0 Å². The Labute approximate surface area is 243 Å². The van der Waals surface area contributed by atoms with E-state index in [0.717, 1.165) is 6.92 Å². The molecule has 0 spiro atoms. The second-order valence-electron chi connectivity index (χ2n) is 12.8. The fourth-order valence-electron chi connectivity index (χ4n) is 7.91. The molecule has 9 atom stereocenters. The summed E-state index contributed by atoms with van der Waals surface area (Å²) in [4.78, 5) is 53.4. The van der Waals surface area contributed by atoms with Crippen LogP contribution in [0.25, 0.3) is 0 Å². The van der Waals surface area contributed by atoms with E-state index in [-0.39, 0.29) is 30.6 Å². The molecule has 11 heteroatoms. The summed E-state index contributed by atoms with van der Waals surface area (Å²) < 4.78 is 23.5. The molecule has 2 saturated carbocycles. The van der Waals surface area contributed by atoms with Crippen molar-refractivity contribution in [2.75, 3.05) is 6.61 Å². The number of fused-ring (bicyclic) bond motifs is 5. The van der Waals surface area contributed by atoms with Gasteiger partial charge in [0.25, 0.3) is 0 Å². The van der Waals surface area contributed by atoms with Gasteiger partial charge in [-0.1, -0.05) is 32.0 Å². The number of benzene rings is 1. The summed E-state index contributed by atoms with van der Waals surface area (Å²) in [6, 6.07) is 8.05. The molecule has 1 heterocycles. The van der Waals surface area contributed by atoms with Gasteiger partial charge < -0.3 is 34.3 Å². The highest BCUT2D eigenvalue weighted by Crippen LogP contribution is 2.64. The molecular formula is C31H38O11. The van der Waals surface area contributed by atoms with E-state index in [2.05, 4.69) is 0 Å². The standard InChI is InChI=1S/C31H38O11/c1-15-19(34)13-31(38)26(41-27(37)18-10-8-7-9-11-18)24-29(6,20(35)12-21-30(24,14-39-21)42-17(3)33)25(36)23(40-16(2)32)22(15)28(31,4)5/h7-11,19-21,23-24,26,34-35,38H,12-14H2,1-6H3/t19-,20-,21+,23+,24-,26-,29+,30-,31+/m1/s1. The molecule has 3 fully saturated rings. The molecule has 1 saturated heterocycles. The van der Waals surface area contributed by atoms with Gasteiger partial charge in [0.15, 0.2) is 17.5 Å². The second-order valence-corrected chi connectivity index (χ2v) is 12.8. The number of rotatable bonds is 4. The number of aliphatic hydroxyl groups excluding tert-OH is 2. The SMILES string of the molecule is CC(=O)O[C@@H]1C(=O)[C@@]2(C)[C@H](O)C[C@@H]3OC[C@]3(OC(C)=O)[C@@H]2[C@@H](OC(=O)c2ccccc2)[C@@]2(O)C[C@@H](O)C(C)=C1C2(C)C. The van der Waals surface area contributed by atoms with Crippen molar-refractivity contribution in [2.24, 2.45) is 16.7 Å². The van der Waals surface area contributed by atoms with Crippen LogP contribution < -0.4 is 0 Å². The van der Waals surface area contributed by atoms with E-state index >= 15 is 0 Å². The molecule has 0 unspecified atom stereocenters. The molecule has 228 valence electrons. The van der Waals surface area contributed by atoms with Crippen LogP contribution in [-0.2, 0) is 33.3 Å². The fourth-order valence-corrected chi connectivity index (χ4v) is 7.91. The zero-order chi connectivity index (χ0) is 31.0.